The van der Waals surface area contributed by atoms with Crippen molar-refractivity contribution in [1.82, 2.24) is 0 Å². The van der Waals surface area contributed by atoms with Crippen molar-refractivity contribution < 1.29 is 28.2 Å². The molecule has 0 aliphatic heterocycles. The summed E-state index contributed by atoms with van der Waals surface area (Å²) in [4.78, 5) is 24.7. The lowest BCUT2D eigenvalue weighted by Gasteiger charge is -2.16. The minimum atomic E-state index is -1.14. The first-order valence-corrected chi connectivity index (χ1v) is 7.93. The molecule has 0 saturated carbocycles. The smallest absolute Gasteiger partial charge is 0.346 e. The van der Waals surface area contributed by atoms with Crippen LogP contribution in [0.25, 0.3) is 0 Å². The second kappa shape index (κ2) is 8.53. The van der Waals surface area contributed by atoms with Gasteiger partial charge in [-0.15, -0.1) is 0 Å². The number of rotatable bonds is 6. The van der Waals surface area contributed by atoms with Crippen molar-refractivity contribution in [3.8, 4) is 11.5 Å². The van der Waals surface area contributed by atoms with Gasteiger partial charge in [0.25, 0.3) is 5.91 Å². The zero-order chi connectivity index (χ0) is 19.3. The van der Waals surface area contributed by atoms with E-state index in [4.69, 9.17) is 25.8 Å². The first-order valence-electron chi connectivity index (χ1n) is 7.55. The van der Waals surface area contributed by atoms with Crippen LogP contribution in [0.3, 0.4) is 0 Å². The topological polar surface area (TPSA) is 73.9 Å². The quantitative estimate of drug-likeness (QED) is 0.773. The maximum Gasteiger partial charge on any atom is 0.346 e. The molecule has 138 valence electrons. The fourth-order valence-corrected chi connectivity index (χ4v) is 2.37. The standard InChI is InChI=1S/C18H17ClFNO5/c1-10(17(22)21-13-8-7-11(20)9-12(13)19)26-18(23)16-14(24-2)5-4-6-15(16)25-3/h4-10H,1-3H3,(H,21,22)/t10-/m1/s1. The molecule has 0 saturated heterocycles. The molecule has 2 aromatic rings. The van der Waals surface area contributed by atoms with Crippen LogP contribution in [-0.2, 0) is 9.53 Å². The van der Waals surface area contributed by atoms with Gasteiger partial charge in [-0.25, -0.2) is 9.18 Å². The maximum absolute atomic E-state index is 13.1. The molecule has 0 spiro atoms. The normalized spacial score (nSPS) is 11.4. The summed E-state index contributed by atoms with van der Waals surface area (Å²) in [6.45, 7) is 1.40. The van der Waals surface area contributed by atoms with Crippen molar-refractivity contribution in [3.63, 3.8) is 0 Å². The first kappa shape index (κ1) is 19.5. The highest BCUT2D eigenvalue weighted by Crippen LogP contribution is 2.29. The number of hydrogen-bond acceptors (Lipinski definition) is 5. The molecule has 0 bridgehead atoms. The van der Waals surface area contributed by atoms with Gasteiger partial charge >= 0.3 is 5.97 Å². The van der Waals surface area contributed by atoms with Gasteiger partial charge in [0.15, 0.2) is 6.10 Å². The average molecular weight is 382 g/mol. The summed E-state index contributed by atoms with van der Waals surface area (Å²) in [6.07, 6.45) is -1.14. The third kappa shape index (κ3) is 4.43. The second-order valence-corrected chi connectivity index (χ2v) is 5.61. The van der Waals surface area contributed by atoms with E-state index in [-0.39, 0.29) is 27.8 Å². The Balaban J connectivity index is 2.13. The van der Waals surface area contributed by atoms with Crippen molar-refractivity contribution in [1.29, 1.82) is 0 Å². The number of nitrogens with one attached hydrogen (secondary N) is 1. The Morgan fingerprint density at radius 3 is 2.27 bits per heavy atom. The zero-order valence-electron chi connectivity index (χ0n) is 14.3. The first-order chi connectivity index (χ1) is 12.4. The molecule has 6 nitrogen and oxygen atoms in total. The summed E-state index contributed by atoms with van der Waals surface area (Å²) in [5.41, 5.74) is 0.271. The van der Waals surface area contributed by atoms with Crippen molar-refractivity contribution in [2.75, 3.05) is 19.5 Å². The third-order valence-electron chi connectivity index (χ3n) is 3.47. The molecule has 0 unspecified atom stereocenters. The molecule has 2 aromatic carbocycles. The number of methoxy groups -OCH3 is 2. The Bertz CT molecular complexity index is 805. The van der Waals surface area contributed by atoms with E-state index in [0.717, 1.165) is 12.1 Å². The fourth-order valence-electron chi connectivity index (χ4n) is 2.15. The Morgan fingerprint density at radius 2 is 1.73 bits per heavy atom. The number of esters is 1. The lowest BCUT2D eigenvalue weighted by Crippen LogP contribution is -2.30. The Hall–Kier alpha value is -2.80. The fraction of sp³-hybridized carbons (Fsp3) is 0.222. The number of amides is 1. The minimum absolute atomic E-state index is 0.0308. The summed E-state index contributed by atoms with van der Waals surface area (Å²) in [5, 5.41) is 2.50. The van der Waals surface area contributed by atoms with Crippen LogP contribution in [0.5, 0.6) is 11.5 Å². The third-order valence-corrected chi connectivity index (χ3v) is 3.79. The Kier molecular flexibility index (Phi) is 6.41. The highest BCUT2D eigenvalue weighted by Gasteiger charge is 2.25. The monoisotopic (exact) mass is 381 g/mol. The largest absolute Gasteiger partial charge is 0.496 e. The number of hydrogen-bond donors (Lipinski definition) is 1. The van der Waals surface area contributed by atoms with Crippen LogP contribution in [0, 0.1) is 5.82 Å². The van der Waals surface area contributed by atoms with Gasteiger partial charge in [0.2, 0.25) is 0 Å². The molecule has 0 aromatic heterocycles. The van der Waals surface area contributed by atoms with E-state index in [0.29, 0.717) is 0 Å². The number of carbonyl (C=O) groups excluding carboxylic acids is 2. The maximum atomic E-state index is 13.1. The van der Waals surface area contributed by atoms with Crippen molar-refractivity contribution in [3.05, 3.63) is 52.8 Å². The Morgan fingerprint density at radius 1 is 1.12 bits per heavy atom. The molecule has 1 N–H and O–H groups in total. The molecular formula is C18H17ClFNO5. The van der Waals surface area contributed by atoms with E-state index in [1.54, 1.807) is 18.2 Å². The minimum Gasteiger partial charge on any atom is -0.496 e. The number of anilines is 1. The van der Waals surface area contributed by atoms with E-state index in [1.165, 1.54) is 27.2 Å². The molecule has 8 heteroatoms. The molecule has 0 aliphatic rings. The van der Waals surface area contributed by atoms with E-state index in [1.807, 2.05) is 0 Å². The lowest BCUT2D eigenvalue weighted by molar-refractivity contribution is -0.123. The van der Waals surface area contributed by atoms with Crippen LogP contribution >= 0.6 is 11.6 Å². The molecule has 0 aliphatic carbocycles. The van der Waals surface area contributed by atoms with Crippen LogP contribution in [0.4, 0.5) is 10.1 Å². The molecule has 2 rings (SSSR count). The van der Waals surface area contributed by atoms with Crippen LogP contribution in [0.15, 0.2) is 36.4 Å². The highest BCUT2D eigenvalue weighted by atomic mass is 35.5. The van der Waals surface area contributed by atoms with Gasteiger partial charge in [-0.2, -0.15) is 0 Å². The van der Waals surface area contributed by atoms with Gasteiger partial charge in [0.05, 0.1) is 24.9 Å². The van der Waals surface area contributed by atoms with E-state index < -0.39 is 23.8 Å². The van der Waals surface area contributed by atoms with Crippen molar-refractivity contribution in [2.24, 2.45) is 0 Å². The highest BCUT2D eigenvalue weighted by molar-refractivity contribution is 6.33. The van der Waals surface area contributed by atoms with Gasteiger partial charge < -0.3 is 19.5 Å². The van der Waals surface area contributed by atoms with Gasteiger partial charge in [0, 0.05) is 0 Å². The molecular weight excluding hydrogens is 365 g/mol. The van der Waals surface area contributed by atoms with E-state index in [2.05, 4.69) is 5.32 Å². The van der Waals surface area contributed by atoms with Crippen molar-refractivity contribution in [2.45, 2.75) is 13.0 Å². The number of carbonyl (C=O) groups is 2. The van der Waals surface area contributed by atoms with Gasteiger partial charge in [0.1, 0.15) is 22.9 Å². The molecule has 1 atom stereocenters. The zero-order valence-corrected chi connectivity index (χ0v) is 15.1. The summed E-state index contributed by atoms with van der Waals surface area (Å²) >= 11 is 5.86. The summed E-state index contributed by atoms with van der Waals surface area (Å²) in [6, 6.07) is 8.32. The SMILES string of the molecule is COc1cccc(OC)c1C(=O)O[C@H](C)C(=O)Nc1ccc(F)cc1Cl. The van der Waals surface area contributed by atoms with E-state index in [9.17, 15) is 14.0 Å². The average Bonchev–Trinajstić information content (AvgIpc) is 2.62. The predicted molar refractivity (Wildman–Crippen MR) is 94.5 cm³/mol. The van der Waals surface area contributed by atoms with Gasteiger partial charge in [-0.1, -0.05) is 17.7 Å². The van der Waals surface area contributed by atoms with Gasteiger partial charge in [-0.3, -0.25) is 4.79 Å². The van der Waals surface area contributed by atoms with Crippen LogP contribution < -0.4 is 14.8 Å². The molecule has 1 amide bonds. The molecule has 0 radical (unpaired) electrons. The second-order valence-electron chi connectivity index (χ2n) is 5.20. The summed E-state index contributed by atoms with van der Waals surface area (Å²) < 4.78 is 28.5. The number of ether oxygens (including phenoxy) is 3. The van der Waals surface area contributed by atoms with Crippen LogP contribution in [0.1, 0.15) is 17.3 Å². The van der Waals surface area contributed by atoms with Crippen molar-refractivity contribution >= 4 is 29.2 Å². The lowest BCUT2D eigenvalue weighted by atomic mass is 10.1. The number of benzene rings is 2. The molecule has 0 heterocycles. The van der Waals surface area contributed by atoms with Crippen LogP contribution in [-0.4, -0.2) is 32.2 Å². The van der Waals surface area contributed by atoms with E-state index >= 15 is 0 Å². The van der Waals surface area contributed by atoms with Gasteiger partial charge in [-0.05, 0) is 37.3 Å². The Labute approximate surface area is 154 Å². The number of halogens is 2. The summed E-state index contributed by atoms with van der Waals surface area (Å²) in [5.74, 6) is -1.43. The molecule has 0 fully saturated rings. The van der Waals surface area contributed by atoms with Crippen LogP contribution in [0.2, 0.25) is 5.02 Å². The predicted octanol–water partition coefficient (Wildman–Crippen LogP) is 3.68. The molecule has 26 heavy (non-hydrogen) atoms. The summed E-state index contributed by atoms with van der Waals surface area (Å²) in [7, 11) is 2.80.